The highest BCUT2D eigenvalue weighted by molar-refractivity contribution is 6.31. The summed E-state index contributed by atoms with van der Waals surface area (Å²) in [4.78, 5) is 26.2. The summed E-state index contributed by atoms with van der Waals surface area (Å²) in [5, 5.41) is 3.51. The van der Waals surface area contributed by atoms with Gasteiger partial charge in [-0.1, -0.05) is 36.7 Å². The van der Waals surface area contributed by atoms with Crippen molar-refractivity contribution in [3.05, 3.63) is 34.9 Å². The van der Waals surface area contributed by atoms with Crippen molar-refractivity contribution in [2.45, 2.75) is 59.2 Å². The molecule has 1 rings (SSSR count). The van der Waals surface area contributed by atoms with Crippen molar-refractivity contribution in [1.82, 2.24) is 10.2 Å². The van der Waals surface area contributed by atoms with Gasteiger partial charge in [0.25, 0.3) is 0 Å². The number of nitrogens with one attached hydrogen (secondary N) is 1. The maximum absolute atomic E-state index is 12.4. The van der Waals surface area contributed by atoms with Gasteiger partial charge >= 0.3 is 0 Å². The van der Waals surface area contributed by atoms with Gasteiger partial charge in [0, 0.05) is 23.5 Å². The highest BCUT2D eigenvalue weighted by Crippen LogP contribution is 2.19. The lowest BCUT2D eigenvalue weighted by Crippen LogP contribution is -2.52. The van der Waals surface area contributed by atoms with E-state index in [9.17, 15) is 9.59 Å². The van der Waals surface area contributed by atoms with E-state index >= 15 is 0 Å². The lowest BCUT2D eigenvalue weighted by atomic mass is 10.1. The molecule has 0 spiro atoms. The van der Waals surface area contributed by atoms with E-state index in [-0.39, 0.29) is 17.4 Å². The quantitative estimate of drug-likeness (QED) is 0.902. The van der Waals surface area contributed by atoms with Crippen molar-refractivity contribution >= 4 is 23.4 Å². The SMILES string of the molecule is CCC(=O)N(Cc1ccccc1Cl)[C@@H](C)C(=O)NC(C)(C)C. The predicted octanol–water partition coefficient (Wildman–Crippen LogP) is 3.38. The molecule has 0 aromatic heterocycles. The minimum Gasteiger partial charge on any atom is -0.350 e. The lowest BCUT2D eigenvalue weighted by molar-refractivity contribution is -0.141. The summed E-state index contributed by atoms with van der Waals surface area (Å²) in [6, 6.07) is 6.81. The molecule has 122 valence electrons. The number of carbonyl (C=O) groups is 2. The van der Waals surface area contributed by atoms with Crippen LogP contribution in [0, 0.1) is 0 Å². The Morgan fingerprint density at radius 2 is 1.86 bits per heavy atom. The summed E-state index contributed by atoms with van der Waals surface area (Å²) >= 11 is 6.17. The Kier molecular flexibility index (Phi) is 6.42. The molecule has 0 aliphatic carbocycles. The second kappa shape index (κ2) is 7.63. The monoisotopic (exact) mass is 324 g/mol. The van der Waals surface area contributed by atoms with E-state index in [0.29, 0.717) is 18.0 Å². The Hall–Kier alpha value is -1.55. The Balaban J connectivity index is 2.96. The number of benzene rings is 1. The van der Waals surface area contributed by atoms with Crippen LogP contribution in [0.2, 0.25) is 5.02 Å². The van der Waals surface area contributed by atoms with Crippen molar-refractivity contribution in [1.29, 1.82) is 0 Å². The van der Waals surface area contributed by atoms with E-state index in [4.69, 9.17) is 11.6 Å². The fourth-order valence-corrected chi connectivity index (χ4v) is 2.27. The Labute approximate surface area is 137 Å². The van der Waals surface area contributed by atoms with Crippen LogP contribution in [0.25, 0.3) is 0 Å². The zero-order valence-electron chi connectivity index (χ0n) is 13.9. The van der Waals surface area contributed by atoms with Crippen molar-refractivity contribution < 1.29 is 9.59 Å². The largest absolute Gasteiger partial charge is 0.350 e. The van der Waals surface area contributed by atoms with Crippen molar-refractivity contribution in [3.8, 4) is 0 Å². The molecule has 0 saturated carbocycles. The number of nitrogens with zero attached hydrogens (tertiary/aromatic N) is 1. The summed E-state index contributed by atoms with van der Waals surface area (Å²) in [6.45, 7) is 9.60. The topological polar surface area (TPSA) is 49.4 Å². The van der Waals surface area contributed by atoms with E-state index in [1.165, 1.54) is 0 Å². The van der Waals surface area contributed by atoms with Crippen LogP contribution in [0.3, 0.4) is 0 Å². The summed E-state index contributed by atoms with van der Waals surface area (Å²) in [5.74, 6) is -0.238. The molecule has 1 aromatic rings. The van der Waals surface area contributed by atoms with Gasteiger partial charge in [-0.05, 0) is 39.3 Å². The molecular weight excluding hydrogens is 300 g/mol. The molecule has 5 heteroatoms. The molecule has 0 bridgehead atoms. The molecule has 0 unspecified atom stereocenters. The molecule has 0 heterocycles. The maximum atomic E-state index is 12.4. The molecule has 0 aliphatic heterocycles. The van der Waals surface area contributed by atoms with Gasteiger partial charge < -0.3 is 10.2 Å². The number of rotatable bonds is 5. The maximum Gasteiger partial charge on any atom is 0.242 e. The third-order valence-corrected chi connectivity index (χ3v) is 3.64. The zero-order valence-corrected chi connectivity index (χ0v) is 14.7. The van der Waals surface area contributed by atoms with Gasteiger partial charge in [-0.2, -0.15) is 0 Å². The van der Waals surface area contributed by atoms with Gasteiger partial charge in [-0.25, -0.2) is 0 Å². The first-order valence-corrected chi connectivity index (χ1v) is 7.88. The highest BCUT2D eigenvalue weighted by atomic mass is 35.5. The van der Waals surface area contributed by atoms with Crippen molar-refractivity contribution in [2.24, 2.45) is 0 Å². The third-order valence-electron chi connectivity index (χ3n) is 3.27. The smallest absolute Gasteiger partial charge is 0.242 e. The summed E-state index contributed by atoms with van der Waals surface area (Å²) in [7, 11) is 0. The minimum atomic E-state index is -0.553. The minimum absolute atomic E-state index is 0.0727. The molecular formula is C17H25ClN2O2. The molecule has 0 saturated heterocycles. The van der Waals surface area contributed by atoms with Gasteiger partial charge in [0.05, 0.1) is 0 Å². The van der Waals surface area contributed by atoms with Crippen LogP contribution in [0.4, 0.5) is 0 Å². The van der Waals surface area contributed by atoms with Gasteiger partial charge in [-0.15, -0.1) is 0 Å². The van der Waals surface area contributed by atoms with E-state index in [1.54, 1.807) is 24.8 Å². The van der Waals surface area contributed by atoms with Crippen LogP contribution in [-0.4, -0.2) is 28.3 Å². The van der Waals surface area contributed by atoms with Gasteiger partial charge in [-0.3, -0.25) is 9.59 Å². The van der Waals surface area contributed by atoms with Crippen LogP contribution >= 0.6 is 11.6 Å². The number of hydrogen-bond donors (Lipinski definition) is 1. The molecule has 0 aliphatic rings. The van der Waals surface area contributed by atoms with Crippen molar-refractivity contribution in [2.75, 3.05) is 0 Å². The molecule has 2 amide bonds. The Morgan fingerprint density at radius 3 is 2.36 bits per heavy atom. The first-order valence-electron chi connectivity index (χ1n) is 7.50. The van der Waals surface area contributed by atoms with E-state index in [1.807, 2.05) is 39.0 Å². The zero-order chi connectivity index (χ0) is 16.9. The first-order chi connectivity index (χ1) is 10.2. The number of halogens is 1. The lowest BCUT2D eigenvalue weighted by Gasteiger charge is -2.31. The van der Waals surface area contributed by atoms with Crippen LogP contribution in [0.1, 0.15) is 46.6 Å². The Morgan fingerprint density at radius 1 is 1.27 bits per heavy atom. The molecule has 1 N–H and O–H groups in total. The van der Waals surface area contributed by atoms with E-state index < -0.39 is 6.04 Å². The van der Waals surface area contributed by atoms with Crippen LogP contribution in [0.15, 0.2) is 24.3 Å². The van der Waals surface area contributed by atoms with Gasteiger partial charge in [0.15, 0.2) is 0 Å². The number of amides is 2. The molecule has 4 nitrogen and oxygen atoms in total. The van der Waals surface area contributed by atoms with E-state index in [0.717, 1.165) is 5.56 Å². The van der Waals surface area contributed by atoms with E-state index in [2.05, 4.69) is 5.32 Å². The average Bonchev–Trinajstić information content (AvgIpc) is 2.43. The summed E-state index contributed by atoms with van der Waals surface area (Å²) in [6.07, 6.45) is 0.345. The molecule has 0 fully saturated rings. The Bertz CT molecular complexity index is 538. The fourth-order valence-electron chi connectivity index (χ4n) is 2.07. The summed E-state index contributed by atoms with van der Waals surface area (Å²) in [5.41, 5.74) is 0.498. The number of hydrogen-bond acceptors (Lipinski definition) is 2. The first kappa shape index (κ1) is 18.5. The second-order valence-electron chi connectivity index (χ2n) is 6.38. The summed E-state index contributed by atoms with van der Waals surface area (Å²) < 4.78 is 0. The standard InChI is InChI=1S/C17H25ClN2O2/c1-6-15(21)20(11-13-9-7-8-10-14(13)18)12(2)16(22)19-17(3,4)5/h7-10,12H,6,11H2,1-5H3,(H,19,22)/t12-/m0/s1. The van der Waals surface area contributed by atoms with Gasteiger partial charge in [0.1, 0.15) is 6.04 Å². The molecule has 1 aromatic carbocycles. The number of carbonyl (C=O) groups excluding carboxylic acids is 2. The highest BCUT2D eigenvalue weighted by Gasteiger charge is 2.27. The predicted molar refractivity (Wildman–Crippen MR) is 89.7 cm³/mol. The average molecular weight is 325 g/mol. The third kappa shape index (κ3) is 5.34. The van der Waals surface area contributed by atoms with Gasteiger partial charge in [0.2, 0.25) is 11.8 Å². The second-order valence-corrected chi connectivity index (χ2v) is 6.79. The van der Waals surface area contributed by atoms with Crippen LogP contribution in [-0.2, 0) is 16.1 Å². The molecule has 0 radical (unpaired) electrons. The van der Waals surface area contributed by atoms with Crippen LogP contribution in [0.5, 0.6) is 0 Å². The van der Waals surface area contributed by atoms with Crippen LogP contribution < -0.4 is 5.32 Å². The normalized spacial score (nSPS) is 12.6. The fraction of sp³-hybridized carbons (Fsp3) is 0.529. The molecule has 1 atom stereocenters. The molecule has 22 heavy (non-hydrogen) atoms. The van der Waals surface area contributed by atoms with Crippen molar-refractivity contribution in [3.63, 3.8) is 0 Å².